The van der Waals surface area contributed by atoms with E-state index in [1.54, 1.807) is 0 Å². The number of unbranched alkanes of at least 4 members (excludes halogenated alkanes) is 23. The van der Waals surface area contributed by atoms with Gasteiger partial charge < -0.3 is 34.3 Å². The van der Waals surface area contributed by atoms with Gasteiger partial charge in [-0.2, -0.15) is 8.42 Å². The molecule has 1 rings (SSSR count). The molecule has 1 fully saturated rings. The van der Waals surface area contributed by atoms with Gasteiger partial charge in [-0.1, -0.05) is 209 Å². The molecule has 0 bridgehead atoms. The largest absolute Gasteiger partial charge is 0.457 e. The smallest absolute Gasteiger partial charge is 0.397 e. The van der Waals surface area contributed by atoms with Crippen LogP contribution in [0.1, 0.15) is 219 Å². The van der Waals surface area contributed by atoms with Crippen LogP contribution in [0.3, 0.4) is 0 Å². The first kappa shape index (κ1) is 65.6. The number of aliphatic hydroxyl groups excluding tert-OH is 3. The molecule has 1 saturated heterocycles. The van der Waals surface area contributed by atoms with Crippen LogP contribution in [0.4, 0.5) is 0 Å². The third kappa shape index (κ3) is 40.1. The molecule has 0 aromatic rings. The summed E-state index contributed by atoms with van der Waals surface area (Å²) in [6, 6.07) is 0. The molecule has 0 amide bonds. The van der Waals surface area contributed by atoms with Gasteiger partial charge in [-0.25, -0.2) is 4.18 Å². The van der Waals surface area contributed by atoms with Crippen molar-refractivity contribution >= 4 is 16.4 Å². The van der Waals surface area contributed by atoms with Crippen molar-refractivity contribution in [1.82, 2.24) is 0 Å². The molecule has 6 atom stereocenters. The van der Waals surface area contributed by atoms with E-state index in [9.17, 15) is 33.1 Å². The summed E-state index contributed by atoms with van der Waals surface area (Å²) in [6.07, 6.45) is 53.9. The number of rotatable bonds is 48. The fourth-order valence-corrected chi connectivity index (χ4v) is 8.68. The Morgan fingerprint density at radius 2 is 0.986 bits per heavy atom. The molecule has 6 unspecified atom stereocenters. The maximum atomic E-state index is 12.9. The lowest BCUT2D eigenvalue weighted by Crippen LogP contribution is -2.60. The van der Waals surface area contributed by atoms with Gasteiger partial charge in [-0.3, -0.25) is 9.35 Å². The van der Waals surface area contributed by atoms with Crippen molar-refractivity contribution in [3.05, 3.63) is 72.9 Å². The molecule has 406 valence electrons. The van der Waals surface area contributed by atoms with Gasteiger partial charge in [0.2, 0.25) is 0 Å². The topological polar surface area (TPSA) is 178 Å². The van der Waals surface area contributed by atoms with Gasteiger partial charge in [-0.15, -0.1) is 0 Å². The fraction of sp³-hybridized carbons (Fsp3) is 0.772. The highest BCUT2D eigenvalue weighted by atomic mass is 32.3. The Hall–Kier alpha value is -2.46. The van der Waals surface area contributed by atoms with Crippen LogP contribution >= 0.6 is 0 Å². The number of ether oxygens (including phenoxy) is 4. The van der Waals surface area contributed by atoms with Crippen LogP contribution in [0.15, 0.2) is 72.9 Å². The van der Waals surface area contributed by atoms with Crippen LogP contribution in [0, 0.1) is 0 Å². The van der Waals surface area contributed by atoms with Crippen molar-refractivity contribution in [2.45, 2.75) is 256 Å². The highest BCUT2D eigenvalue weighted by Crippen LogP contribution is 2.26. The van der Waals surface area contributed by atoms with E-state index in [1.807, 2.05) is 6.08 Å². The molecule has 0 radical (unpaired) electrons. The Bertz CT molecular complexity index is 1490. The van der Waals surface area contributed by atoms with Crippen molar-refractivity contribution in [1.29, 1.82) is 0 Å². The van der Waals surface area contributed by atoms with Gasteiger partial charge in [0.25, 0.3) is 0 Å². The fourth-order valence-electron chi connectivity index (χ4n) is 8.18. The molecule has 12 nitrogen and oxygen atoms in total. The van der Waals surface area contributed by atoms with Gasteiger partial charge >= 0.3 is 16.4 Å². The Kier molecular flexibility index (Phi) is 44.5. The average Bonchev–Trinajstić information content (AvgIpc) is 3.34. The van der Waals surface area contributed by atoms with Crippen molar-refractivity contribution in [2.75, 3.05) is 26.4 Å². The Morgan fingerprint density at radius 3 is 1.46 bits per heavy atom. The molecule has 0 aliphatic carbocycles. The lowest BCUT2D eigenvalue weighted by atomic mass is 9.99. The number of hydrogen-bond acceptors (Lipinski definition) is 11. The number of allylic oxidation sites excluding steroid dienone is 12. The van der Waals surface area contributed by atoms with Crippen molar-refractivity contribution in [2.24, 2.45) is 0 Å². The summed E-state index contributed by atoms with van der Waals surface area (Å²) in [5.41, 5.74) is 0. The zero-order chi connectivity index (χ0) is 51.0. The predicted octanol–water partition coefficient (Wildman–Crippen LogP) is 13.4. The Morgan fingerprint density at radius 1 is 0.557 bits per heavy atom. The van der Waals surface area contributed by atoms with Crippen molar-refractivity contribution in [3.8, 4) is 0 Å². The van der Waals surface area contributed by atoms with Crippen LogP contribution in [0.5, 0.6) is 0 Å². The zero-order valence-corrected chi connectivity index (χ0v) is 44.6. The summed E-state index contributed by atoms with van der Waals surface area (Å²) in [7, 11) is -5.08. The molecule has 1 aliphatic heterocycles. The Labute approximate surface area is 426 Å². The lowest BCUT2D eigenvalue weighted by Gasteiger charge is -2.41. The number of hydrogen-bond donors (Lipinski definition) is 4. The molecule has 70 heavy (non-hydrogen) atoms. The van der Waals surface area contributed by atoms with Gasteiger partial charge in [0.05, 0.1) is 19.8 Å². The molecule has 0 aromatic heterocycles. The van der Waals surface area contributed by atoms with Crippen molar-refractivity contribution in [3.63, 3.8) is 0 Å². The minimum absolute atomic E-state index is 0.0110. The second-order valence-electron chi connectivity index (χ2n) is 18.8. The quantitative estimate of drug-likeness (QED) is 0.0197. The molecule has 13 heteroatoms. The highest BCUT2D eigenvalue weighted by Gasteiger charge is 2.48. The first-order valence-corrected chi connectivity index (χ1v) is 29.1. The first-order chi connectivity index (χ1) is 34.1. The summed E-state index contributed by atoms with van der Waals surface area (Å²) in [6.45, 7) is 3.82. The van der Waals surface area contributed by atoms with E-state index in [0.29, 0.717) is 19.4 Å². The zero-order valence-electron chi connectivity index (χ0n) is 43.8. The van der Waals surface area contributed by atoms with Crippen LogP contribution in [-0.4, -0.2) is 97.5 Å². The molecular formula is C57H100O12S. The third-order valence-electron chi connectivity index (χ3n) is 12.3. The maximum absolute atomic E-state index is 12.9. The number of aliphatic hydroxyl groups is 3. The normalized spacial score (nSPS) is 19.7. The molecule has 1 aliphatic rings. The number of carbonyl (C=O) groups excluding carboxylic acids is 1. The van der Waals surface area contributed by atoms with E-state index in [1.165, 1.54) is 135 Å². The minimum atomic E-state index is -5.08. The van der Waals surface area contributed by atoms with E-state index in [4.69, 9.17) is 18.9 Å². The molecule has 0 saturated carbocycles. The Balaban J connectivity index is 2.32. The van der Waals surface area contributed by atoms with Crippen LogP contribution in [0.2, 0.25) is 0 Å². The summed E-state index contributed by atoms with van der Waals surface area (Å²) in [5.74, 6) is -0.455. The summed E-state index contributed by atoms with van der Waals surface area (Å²) < 4.78 is 59.3. The monoisotopic (exact) mass is 1010 g/mol. The third-order valence-corrected chi connectivity index (χ3v) is 12.8. The van der Waals surface area contributed by atoms with Crippen molar-refractivity contribution < 1.29 is 56.2 Å². The standard InChI is InChI=1S/C57H100O12S/c1-3-5-7-9-11-13-15-17-19-21-22-23-24-25-26-27-28-29-31-33-35-37-39-41-43-45-47-65-49-51(50-66-57-55(61)56(69-70(62,63)64)54(60)52(48-58)68-57)67-53(59)46-44-42-40-38-36-34-32-30-20-18-16-14-12-10-8-6-4-2/h6,8,12,14,18,20-22,32,34,38,40,51-52,54-58,60-61H,3-5,7,9-11,13,15-17,19,23-31,33,35-37,39,41-50H2,1-2H3,(H,62,63,64)/b8-6-,14-12-,20-18-,22-21-,34-32-,40-38-. The molecule has 0 aromatic carbocycles. The number of esters is 1. The van der Waals surface area contributed by atoms with Gasteiger partial charge in [-0.05, 0) is 77.0 Å². The van der Waals surface area contributed by atoms with Crippen LogP contribution in [0.25, 0.3) is 0 Å². The SMILES string of the molecule is CC/C=C\C/C=C\C/C=C\C/C=C\C/C=C\CCCC(=O)OC(COCCCCCCCCCCCCCCCC/C=C\CCCCCCCCCC)COC1OC(CO)C(O)C(OS(=O)(=O)O)C1O. The molecule has 4 N–H and O–H groups in total. The molecule has 1 heterocycles. The molecular weight excluding hydrogens is 909 g/mol. The van der Waals surface area contributed by atoms with E-state index in [-0.39, 0.29) is 19.6 Å². The second-order valence-corrected chi connectivity index (χ2v) is 19.8. The minimum Gasteiger partial charge on any atom is -0.457 e. The van der Waals surface area contributed by atoms with Gasteiger partial charge in [0, 0.05) is 13.0 Å². The maximum Gasteiger partial charge on any atom is 0.397 e. The van der Waals surface area contributed by atoms with Crippen LogP contribution in [-0.2, 0) is 38.3 Å². The van der Waals surface area contributed by atoms with E-state index in [0.717, 1.165) is 51.4 Å². The average molecular weight is 1010 g/mol. The van der Waals surface area contributed by atoms with E-state index >= 15 is 0 Å². The second kappa shape index (κ2) is 47.5. The first-order valence-electron chi connectivity index (χ1n) is 27.7. The van der Waals surface area contributed by atoms with E-state index in [2.05, 4.69) is 84.9 Å². The number of carbonyl (C=O) groups is 1. The summed E-state index contributed by atoms with van der Waals surface area (Å²) in [5, 5.41) is 30.8. The van der Waals surface area contributed by atoms with Gasteiger partial charge in [0.15, 0.2) is 6.29 Å². The lowest BCUT2D eigenvalue weighted by molar-refractivity contribution is -0.301. The van der Waals surface area contributed by atoms with Crippen LogP contribution < -0.4 is 0 Å². The highest BCUT2D eigenvalue weighted by molar-refractivity contribution is 7.80. The molecule has 0 spiro atoms. The van der Waals surface area contributed by atoms with E-state index < -0.39 is 59.8 Å². The summed E-state index contributed by atoms with van der Waals surface area (Å²) >= 11 is 0. The summed E-state index contributed by atoms with van der Waals surface area (Å²) in [4.78, 5) is 12.9. The predicted molar refractivity (Wildman–Crippen MR) is 285 cm³/mol. The van der Waals surface area contributed by atoms with Gasteiger partial charge in [0.1, 0.15) is 30.5 Å².